The third kappa shape index (κ3) is 3.00. The molecule has 0 bridgehead atoms. The molecule has 1 heterocycles. The highest BCUT2D eigenvalue weighted by Gasteiger charge is 2.11. The lowest BCUT2D eigenvalue weighted by molar-refractivity contribution is 0.102. The van der Waals surface area contributed by atoms with Gasteiger partial charge in [-0.3, -0.25) is 9.78 Å². The highest BCUT2D eigenvalue weighted by Crippen LogP contribution is 2.22. The molecule has 0 aliphatic heterocycles. The van der Waals surface area contributed by atoms with E-state index in [9.17, 15) is 4.79 Å². The summed E-state index contributed by atoms with van der Waals surface area (Å²) in [7, 11) is 0. The monoisotopic (exact) mass is 372 g/mol. The van der Waals surface area contributed by atoms with Crippen LogP contribution in [0.15, 0.2) is 36.5 Å². The number of rotatable bonds is 2. The number of pyridine rings is 1. The molecule has 1 aromatic carbocycles. The van der Waals surface area contributed by atoms with Crippen LogP contribution in [0, 0.1) is 10.5 Å². The molecule has 3 nitrogen and oxygen atoms in total. The number of nitrogens with zero attached hydrogens (tertiary/aromatic N) is 1. The van der Waals surface area contributed by atoms with Gasteiger partial charge in [0.1, 0.15) is 5.69 Å². The third-order valence-corrected chi connectivity index (χ3v) is 3.53. The summed E-state index contributed by atoms with van der Waals surface area (Å²) < 4.78 is 0.891. The number of aryl methyl sites for hydroxylation is 1. The van der Waals surface area contributed by atoms with Crippen molar-refractivity contribution in [2.45, 2.75) is 6.92 Å². The largest absolute Gasteiger partial charge is 0.320 e. The van der Waals surface area contributed by atoms with Crippen LogP contribution in [-0.4, -0.2) is 10.9 Å². The summed E-state index contributed by atoms with van der Waals surface area (Å²) in [6.45, 7) is 1.86. The minimum atomic E-state index is -0.215. The van der Waals surface area contributed by atoms with Crippen LogP contribution in [0.1, 0.15) is 16.1 Å². The number of hydrogen-bond donors (Lipinski definition) is 1. The molecule has 0 fully saturated rings. The Bertz CT molecular complexity index is 601. The van der Waals surface area contributed by atoms with Gasteiger partial charge in [-0.2, -0.15) is 0 Å². The summed E-state index contributed by atoms with van der Waals surface area (Å²) in [5, 5.41) is 3.47. The Morgan fingerprint density at radius 2 is 2.17 bits per heavy atom. The van der Waals surface area contributed by atoms with E-state index in [1.807, 2.05) is 13.0 Å². The number of nitrogens with one attached hydrogen (secondary N) is 1. The Hall–Kier alpha value is -1.14. The second-order valence-corrected chi connectivity index (χ2v) is 5.35. The van der Waals surface area contributed by atoms with Crippen LogP contribution in [-0.2, 0) is 0 Å². The molecule has 18 heavy (non-hydrogen) atoms. The van der Waals surface area contributed by atoms with Crippen molar-refractivity contribution in [2.75, 3.05) is 5.32 Å². The van der Waals surface area contributed by atoms with E-state index < -0.39 is 0 Å². The Kier molecular flexibility index (Phi) is 4.19. The quantitative estimate of drug-likeness (QED) is 0.813. The molecule has 1 aromatic heterocycles. The number of benzene rings is 1. The van der Waals surface area contributed by atoms with Crippen molar-refractivity contribution in [3.63, 3.8) is 0 Å². The van der Waals surface area contributed by atoms with E-state index >= 15 is 0 Å². The average Bonchev–Trinajstić information content (AvgIpc) is 2.33. The summed E-state index contributed by atoms with van der Waals surface area (Å²) in [6, 6.07) is 8.97. The van der Waals surface area contributed by atoms with Crippen molar-refractivity contribution in [3.8, 4) is 0 Å². The SMILES string of the molecule is Cc1cccnc1C(=O)Nc1ccc(Cl)cc1I. The van der Waals surface area contributed by atoms with E-state index in [-0.39, 0.29) is 5.91 Å². The maximum Gasteiger partial charge on any atom is 0.274 e. The van der Waals surface area contributed by atoms with E-state index in [4.69, 9.17) is 11.6 Å². The Labute approximate surface area is 124 Å². The molecule has 1 N–H and O–H groups in total. The molecule has 0 unspecified atom stereocenters. The molecule has 0 spiro atoms. The second kappa shape index (κ2) is 5.67. The van der Waals surface area contributed by atoms with Crippen molar-refractivity contribution in [3.05, 3.63) is 56.4 Å². The molecule has 2 aromatic rings. The number of hydrogen-bond acceptors (Lipinski definition) is 2. The van der Waals surface area contributed by atoms with E-state index in [0.29, 0.717) is 10.7 Å². The highest BCUT2D eigenvalue weighted by atomic mass is 127. The fourth-order valence-corrected chi connectivity index (χ4v) is 2.50. The lowest BCUT2D eigenvalue weighted by atomic mass is 10.2. The minimum absolute atomic E-state index is 0.215. The molecular weight excluding hydrogens is 363 g/mol. The van der Waals surface area contributed by atoms with Crippen molar-refractivity contribution >= 4 is 45.8 Å². The van der Waals surface area contributed by atoms with E-state index in [1.54, 1.807) is 30.5 Å². The summed E-state index contributed by atoms with van der Waals surface area (Å²) in [5.41, 5.74) is 2.01. The normalized spacial score (nSPS) is 10.2. The van der Waals surface area contributed by atoms with Crippen LogP contribution in [0.5, 0.6) is 0 Å². The van der Waals surface area contributed by atoms with Gasteiger partial charge in [0.25, 0.3) is 5.91 Å². The van der Waals surface area contributed by atoms with Crippen LogP contribution in [0.4, 0.5) is 5.69 Å². The average molecular weight is 373 g/mol. The van der Waals surface area contributed by atoms with Gasteiger partial charge in [-0.05, 0) is 59.3 Å². The van der Waals surface area contributed by atoms with E-state index in [0.717, 1.165) is 14.8 Å². The number of anilines is 1. The van der Waals surface area contributed by atoms with Gasteiger partial charge < -0.3 is 5.32 Å². The zero-order chi connectivity index (χ0) is 13.1. The molecular formula is C13H10ClIN2O. The van der Waals surface area contributed by atoms with E-state index in [2.05, 4.69) is 32.9 Å². The van der Waals surface area contributed by atoms with E-state index in [1.165, 1.54) is 0 Å². The van der Waals surface area contributed by atoms with Gasteiger partial charge in [-0.25, -0.2) is 0 Å². The molecule has 0 saturated heterocycles. The summed E-state index contributed by atoms with van der Waals surface area (Å²) in [5.74, 6) is -0.215. The highest BCUT2D eigenvalue weighted by molar-refractivity contribution is 14.1. The van der Waals surface area contributed by atoms with Crippen molar-refractivity contribution in [1.29, 1.82) is 0 Å². The topological polar surface area (TPSA) is 42.0 Å². The number of carbonyl (C=O) groups is 1. The predicted molar refractivity (Wildman–Crippen MR) is 81.1 cm³/mol. The molecule has 1 amide bonds. The number of aromatic nitrogens is 1. The van der Waals surface area contributed by atoms with Gasteiger partial charge in [-0.15, -0.1) is 0 Å². The Morgan fingerprint density at radius 3 is 2.83 bits per heavy atom. The maximum atomic E-state index is 12.1. The third-order valence-electron chi connectivity index (χ3n) is 2.40. The number of halogens is 2. The van der Waals surface area contributed by atoms with Gasteiger partial charge in [-0.1, -0.05) is 17.7 Å². The standard InChI is InChI=1S/C13H10ClIN2O/c1-8-3-2-6-16-12(8)13(18)17-11-5-4-9(14)7-10(11)15/h2-7H,1H3,(H,17,18). The Balaban J connectivity index is 2.24. The fourth-order valence-electron chi connectivity index (χ4n) is 1.50. The first-order valence-corrected chi connectivity index (χ1v) is 6.71. The zero-order valence-electron chi connectivity index (χ0n) is 9.58. The van der Waals surface area contributed by atoms with Crippen molar-refractivity contribution in [2.24, 2.45) is 0 Å². The first kappa shape index (κ1) is 13.3. The summed E-state index contributed by atoms with van der Waals surface area (Å²) in [6.07, 6.45) is 1.61. The van der Waals surface area contributed by atoms with Gasteiger partial charge in [0.2, 0.25) is 0 Å². The first-order valence-electron chi connectivity index (χ1n) is 5.26. The van der Waals surface area contributed by atoms with Gasteiger partial charge in [0, 0.05) is 14.8 Å². The summed E-state index contributed by atoms with van der Waals surface area (Å²) >= 11 is 7.99. The first-order chi connectivity index (χ1) is 8.58. The Morgan fingerprint density at radius 1 is 1.39 bits per heavy atom. The fraction of sp³-hybridized carbons (Fsp3) is 0.0769. The lowest BCUT2D eigenvalue weighted by Gasteiger charge is -2.08. The van der Waals surface area contributed by atoms with Gasteiger partial charge >= 0.3 is 0 Å². The van der Waals surface area contributed by atoms with Crippen LogP contribution >= 0.6 is 34.2 Å². The van der Waals surface area contributed by atoms with Crippen molar-refractivity contribution in [1.82, 2.24) is 4.98 Å². The molecule has 0 radical (unpaired) electrons. The maximum absolute atomic E-state index is 12.1. The predicted octanol–water partition coefficient (Wildman–Crippen LogP) is 3.90. The van der Waals surface area contributed by atoms with Crippen LogP contribution in [0.25, 0.3) is 0 Å². The summed E-state index contributed by atoms with van der Waals surface area (Å²) in [4.78, 5) is 16.1. The molecule has 2 rings (SSSR count). The van der Waals surface area contributed by atoms with Crippen molar-refractivity contribution < 1.29 is 4.79 Å². The van der Waals surface area contributed by atoms with Gasteiger partial charge in [0.05, 0.1) is 5.69 Å². The molecule has 5 heteroatoms. The van der Waals surface area contributed by atoms with Crippen LogP contribution in [0.3, 0.4) is 0 Å². The molecule has 0 saturated carbocycles. The molecule has 0 aliphatic carbocycles. The molecule has 0 atom stereocenters. The minimum Gasteiger partial charge on any atom is -0.320 e. The molecule has 0 aliphatic rings. The van der Waals surface area contributed by atoms with Crippen LogP contribution < -0.4 is 5.32 Å². The van der Waals surface area contributed by atoms with Crippen LogP contribution in [0.2, 0.25) is 5.02 Å². The second-order valence-electron chi connectivity index (χ2n) is 3.75. The lowest BCUT2D eigenvalue weighted by Crippen LogP contribution is -2.15. The van der Waals surface area contributed by atoms with Gasteiger partial charge in [0.15, 0.2) is 0 Å². The smallest absolute Gasteiger partial charge is 0.274 e. The number of carbonyl (C=O) groups excluding carboxylic acids is 1. The number of amides is 1. The zero-order valence-corrected chi connectivity index (χ0v) is 12.5. The molecule has 92 valence electrons.